The van der Waals surface area contributed by atoms with E-state index in [2.05, 4.69) is 19.2 Å². The van der Waals surface area contributed by atoms with Crippen LogP contribution in [0.5, 0.6) is 0 Å². The van der Waals surface area contributed by atoms with Crippen LogP contribution in [-0.4, -0.2) is 17.0 Å². The maximum absolute atomic E-state index is 11.3. The summed E-state index contributed by atoms with van der Waals surface area (Å²) in [5.41, 5.74) is 1.07. The molecule has 16 heavy (non-hydrogen) atoms. The molecule has 1 atom stereocenters. The first-order valence-corrected chi connectivity index (χ1v) is 7.40. The molecule has 0 bridgehead atoms. The predicted octanol–water partition coefficient (Wildman–Crippen LogP) is 3.27. The van der Waals surface area contributed by atoms with Gasteiger partial charge in [-0.15, -0.1) is 0 Å². The number of rotatable bonds is 6. The van der Waals surface area contributed by atoms with Crippen LogP contribution in [0, 0.1) is 5.92 Å². The lowest BCUT2D eigenvalue weighted by Crippen LogP contribution is -2.12. The number of hydrogen-bond acceptors (Lipinski definition) is 2. The van der Waals surface area contributed by atoms with Crippen molar-refractivity contribution in [2.24, 2.45) is 5.92 Å². The van der Waals surface area contributed by atoms with Gasteiger partial charge in [0.25, 0.3) is 0 Å². The average molecular weight is 239 g/mol. The van der Waals surface area contributed by atoms with Gasteiger partial charge in [-0.25, -0.2) is 0 Å². The molecule has 1 aromatic rings. The van der Waals surface area contributed by atoms with E-state index in [9.17, 15) is 4.21 Å². The minimum atomic E-state index is -0.897. The molecule has 0 aliphatic carbocycles. The van der Waals surface area contributed by atoms with Crippen LogP contribution >= 0.6 is 0 Å². The summed E-state index contributed by atoms with van der Waals surface area (Å²) in [6.07, 6.45) is 4.10. The van der Waals surface area contributed by atoms with E-state index in [4.69, 9.17) is 0 Å². The largest absolute Gasteiger partial charge is 0.385 e. The smallest absolute Gasteiger partial charge is 0.0498 e. The molecule has 90 valence electrons. The molecule has 1 rings (SSSR count). The molecule has 0 heterocycles. The normalized spacial score (nSPS) is 12.8. The van der Waals surface area contributed by atoms with E-state index in [-0.39, 0.29) is 0 Å². The van der Waals surface area contributed by atoms with Gasteiger partial charge in [0.15, 0.2) is 0 Å². The quantitative estimate of drug-likeness (QED) is 0.825. The second kappa shape index (κ2) is 6.69. The van der Waals surface area contributed by atoms with Crippen molar-refractivity contribution in [3.63, 3.8) is 0 Å². The standard InChI is InChI=1S/C13H21NOS/c1-4-11(5-2)10-14-12-7-6-8-13(9-12)16(3)15/h6-9,11,14H,4-5,10H2,1-3H3. The summed E-state index contributed by atoms with van der Waals surface area (Å²) in [5, 5.41) is 3.41. The van der Waals surface area contributed by atoms with E-state index in [1.165, 1.54) is 12.8 Å². The molecule has 0 spiro atoms. The Morgan fingerprint density at radius 2 is 2.00 bits per heavy atom. The molecule has 0 aliphatic rings. The Kier molecular flexibility index (Phi) is 5.53. The molecule has 0 aromatic heterocycles. The molecular weight excluding hydrogens is 218 g/mol. The van der Waals surface area contributed by atoms with Crippen LogP contribution in [0.2, 0.25) is 0 Å². The van der Waals surface area contributed by atoms with E-state index in [1.807, 2.05) is 24.3 Å². The zero-order chi connectivity index (χ0) is 12.0. The third-order valence-electron chi connectivity index (χ3n) is 2.92. The zero-order valence-corrected chi connectivity index (χ0v) is 11.1. The Hall–Kier alpha value is -0.830. The number of nitrogens with one attached hydrogen (secondary N) is 1. The SMILES string of the molecule is CCC(CC)CNc1cccc(S(C)=O)c1. The molecule has 0 fully saturated rings. The van der Waals surface area contributed by atoms with Crippen molar-refractivity contribution < 1.29 is 4.21 Å². The maximum Gasteiger partial charge on any atom is 0.0498 e. The van der Waals surface area contributed by atoms with Gasteiger partial charge in [0.1, 0.15) is 0 Å². The van der Waals surface area contributed by atoms with Crippen molar-refractivity contribution in [1.29, 1.82) is 0 Å². The van der Waals surface area contributed by atoms with E-state index in [1.54, 1.807) is 6.26 Å². The molecule has 1 aromatic carbocycles. The van der Waals surface area contributed by atoms with Crippen LogP contribution in [0.3, 0.4) is 0 Å². The molecule has 0 saturated carbocycles. The predicted molar refractivity (Wildman–Crippen MR) is 71.3 cm³/mol. The van der Waals surface area contributed by atoms with Crippen molar-refractivity contribution in [3.05, 3.63) is 24.3 Å². The summed E-state index contributed by atoms with van der Waals surface area (Å²) in [5.74, 6) is 0.718. The van der Waals surface area contributed by atoms with Gasteiger partial charge < -0.3 is 5.32 Å². The Bertz CT molecular complexity index is 348. The molecule has 1 N–H and O–H groups in total. The fourth-order valence-corrected chi connectivity index (χ4v) is 2.19. The first-order chi connectivity index (χ1) is 7.67. The third-order valence-corrected chi connectivity index (χ3v) is 3.83. The van der Waals surface area contributed by atoms with Crippen molar-refractivity contribution in [2.75, 3.05) is 18.1 Å². The minimum absolute atomic E-state index is 0.718. The number of anilines is 1. The van der Waals surface area contributed by atoms with Crippen molar-refractivity contribution in [1.82, 2.24) is 0 Å². The molecule has 3 heteroatoms. The van der Waals surface area contributed by atoms with Gasteiger partial charge in [0.2, 0.25) is 0 Å². The molecule has 0 radical (unpaired) electrons. The highest BCUT2D eigenvalue weighted by Gasteiger charge is 2.03. The summed E-state index contributed by atoms with van der Waals surface area (Å²) in [6, 6.07) is 7.85. The fourth-order valence-electron chi connectivity index (χ4n) is 1.62. The van der Waals surface area contributed by atoms with Crippen molar-refractivity contribution in [2.45, 2.75) is 31.6 Å². The monoisotopic (exact) mass is 239 g/mol. The van der Waals surface area contributed by atoms with E-state index < -0.39 is 10.8 Å². The van der Waals surface area contributed by atoms with Crippen molar-refractivity contribution >= 4 is 16.5 Å². The summed E-state index contributed by atoms with van der Waals surface area (Å²) in [7, 11) is -0.897. The number of hydrogen-bond donors (Lipinski definition) is 1. The van der Waals surface area contributed by atoms with Gasteiger partial charge in [-0.1, -0.05) is 32.8 Å². The summed E-state index contributed by atoms with van der Waals surface area (Å²) in [4.78, 5) is 0.884. The van der Waals surface area contributed by atoms with Gasteiger partial charge in [0, 0.05) is 34.2 Å². The zero-order valence-electron chi connectivity index (χ0n) is 10.3. The Morgan fingerprint density at radius 3 is 2.56 bits per heavy atom. The van der Waals surface area contributed by atoms with Gasteiger partial charge in [0.05, 0.1) is 0 Å². The van der Waals surface area contributed by atoms with E-state index in [0.29, 0.717) is 0 Å². The van der Waals surface area contributed by atoms with Gasteiger partial charge in [-0.05, 0) is 24.1 Å². The van der Waals surface area contributed by atoms with Gasteiger partial charge in [-0.2, -0.15) is 0 Å². The third kappa shape index (κ3) is 3.97. The average Bonchev–Trinajstić information content (AvgIpc) is 2.31. The molecule has 2 nitrogen and oxygen atoms in total. The lowest BCUT2D eigenvalue weighted by atomic mass is 10.0. The highest BCUT2D eigenvalue weighted by molar-refractivity contribution is 7.84. The fraction of sp³-hybridized carbons (Fsp3) is 0.538. The van der Waals surface area contributed by atoms with Gasteiger partial charge >= 0.3 is 0 Å². The minimum Gasteiger partial charge on any atom is -0.385 e. The van der Waals surface area contributed by atoms with Crippen molar-refractivity contribution in [3.8, 4) is 0 Å². The number of benzene rings is 1. The molecule has 1 unspecified atom stereocenters. The van der Waals surface area contributed by atoms with Crippen LogP contribution in [0.25, 0.3) is 0 Å². The summed E-state index contributed by atoms with van der Waals surface area (Å²) < 4.78 is 11.3. The van der Waals surface area contributed by atoms with Crippen LogP contribution in [0.1, 0.15) is 26.7 Å². The van der Waals surface area contributed by atoms with Gasteiger partial charge in [-0.3, -0.25) is 4.21 Å². The maximum atomic E-state index is 11.3. The first-order valence-electron chi connectivity index (χ1n) is 5.84. The first kappa shape index (κ1) is 13.2. The lowest BCUT2D eigenvalue weighted by molar-refractivity contribution is 0.519. The highest BCUT2D eigenvalue weighted by Crippen LogP contribution is 2.15. The molecular formula is C13H21NOS. The second-order valence-electron chi connectivity index (χ2n) is 4.05. The lowest BCUT2D eigenvalue weighted by Gasteiger charge is -2.14. The molecule has 0 amide bonds. The van der Waals surface area contributed by atoms with Crippen LogP contribution < -0.4 is 5.32 Å². The van der Waals surface area contributed by atoms with E-state index in [0.717, 1.165) is 23.0 Å². The topological polar surface area (TPSA) is 29.1 Å². The highest BCUT2D eigenvalue weighted by atomic mass is 32.2. The van der Waals surface area contributed by atoms with Crippen LogP contribution in [0.4, 0.5) is 5.69 Å². The molecule has 0 saturated heterocycles. The molecule has 0 aliphatic heterocycles. The Morgan fingerprint density at radius 1 is 1.31 bits per heavy atom. The van der Waals surface area contributed by atoms with Crippen LogP contribution in [0.15, 0.2) is 29.2 Å². The van der Waals surface area contributed by atoms with Crippen LogP contribution in [-0.2, 0) is 10.8 Å². The van der Waals surface area contributed by atoms with E-state index >= 15 is 0 Å². The summed E-state index contributed by atoms with van der Waals surface area (Å²) >= 11 is 0. The second-order valence-corrected chi connectivity index (χ2v) is 5.43. The Balaban J connectivity index is 2.60. The summed E-state index contributed by atoms with van der Waals surface area (Å²) in [6.45, 7) is 5.42. The Labute approximate surface area is 101 Å².